The van der Waals surface area contributed by atoms with Crippen molar-refractivity contribution in [1.29, 1.82) is 0 Å². The van der Waals surface area contributed by atoms with Crippen LogP contribution in [0.4, 0.5) is 0 Å². The molecular formula is C10H21NOS. The molecule has 2 N–H and O–H groups in total. The smallest absolute Gasteiger partial charge is 0.0741 e. The molecular weight excluding hydrogens is 182 g/mol. The molecule has 0 aromatic heterocycles. The van der Waals surface area contributed by atoms with Crippen molar-refractivity contribution in [2.45, 2.75) is 44.8 Å². The SMILES string of the molecule is CCC(C)(O)CNC1CCSCC1. The van der Waals surface area contributed by atoms with E-state index in [4.69, 9.17) is 0 Å². The van der Waals surface area contributed by atoms with Crippen LogP contribution in [0.15, 0.2) is 0 Å². The third-order valence-corrected chi connectivity index (χ3v) is 3.80. The maximum atomic E-state index is 9.79. The van der Waals surface area contributed by atoms with Gasteiger partial charge in [-0.2, -0.15) is 11.8 Å². The van der Waals surface area contributed by atoms with Gasteiger partial charge in [0.15, 0.2) is 0 Å². The van der Waals surface area contributed by atoms with E-state index in [0.717, 1.165) is 13.0 Å². The molecule has 1 atom stereocenters. The maximum Gasteiger partial charge on any atom is 0.0741 e. The minimum atomic E-state index is -0.523. The summed E-state index contributed by atoms with van der Waals surface area (Å²) in [6, 6.07) is 0.638. The minimum absolute atomic E-state index is 0.523. The third-order valence-electron chi connectivity index (χ3n) is 2.75. The van der Waals surface area contributed by atoms with Crippen molar-refractivity contribution in [2.75, 3.05) is 18.1 Å². The summed E-state index contributed by atoms with van der Waals surface area (Å²) in [4.78, 5) is 0. The fourth-order valence-corrected chi connectivity index (χ4v) is 2.50. The van der Waals surface area contributed by atoms with Crippen LogP contribution in [0.1, 0.15) is 33.1 Å². The number of hydrogen-bond acceptors (Lipinski definition) is 3. The topological polar surface area (TPSA) is 32.3 Å². The highest BCUT2D eigenvalue weighted by atomic mass is 32.2. The van der Waals surface area contributed by atoms with E-state index in [2.05, 4.69) is 5.32 Å². The second-order valence-electron chi connectivity index (χ2n) is 4.12. The Kier molecular flexibility index (Phi) is 4.56. The first-order valence-corrected chi connectivity index (χ1v) is 6.33. The van der Waals surface area contributed by atoms with Crippen LogP contribution in [0.25, 0.3) is 0 Å². The van der Waals surface area contributed by atoms with Crippen LogP contribution < -0.4 is 5.32 Å². The van der Waals surface area contributed by atoms with E-state index < -0.39 is 5.60 Å². The Labute approximate surface area is 85.5 Å². The molecule has 0 radical (unpaired) electrons. The van der Waals surface area contributed by atoms with Gasteiger partial charge in [0.25, 0.3) is 0 Å². The lowest BCUT2D eigenvalue weighted by Gasteiger charge is -2.28. The molecule has 1 heterocycles. The molecule has 2 nitrogen and oxygen atoms in total. The van der Waals surface area contributed by atoms with E-state index in [1.807, 2.05) is 25.6 Å². The van der Waals surface area contributed by atoms with Gasteiger partial charge in [-0.15, -0.1) is 0 Å². The Bertz CT molecular complexity index is 144. The summed E-state index contributed by atoms with van der Waals surface area (Å²) in [7, 11) is 0. The van der Waals surface area contributed by atoms with Gasteiger partial charge in [0.1, 0.15) is 0 Å². The normalized spacial score (nSPS) is 24.2. The molecule has 0 bridgehead atoms. The molecule has 1 aliphatic rings. The number of thioether (sulfide) groups is 1. The van der Waals surface area contributed by atoms with Gasteiger partial charge >= 0.3 is 0 Å². The van der Waals surface area contributed by atoms with E-state index in [1.54, 1.807) is 0 Å². The Morgan fingerprint density at radius 1 is 1.46 bits per heavy atom. The van der Waals surface area contributed by atoms with Crippen molar-refractivity contribution >= 4 is 11.8 Å². The lowest BCUT2D eigenvalue weighted by atomic mass is 10.0. The molecule has 1 saturated heterocycles. The van der Waals surface area contributed by atoms with E-state index in [1.165, 1.54) is 24.3 Å². The Hall–Kier alpha value is 0.270. The quantitative estimate of drug-likeness (QED) is 0.728. The molecule has 3 heteroatoms. The molecule has 13 heavy (non-hydrogen) atoms. The summed E-state index contributed by atoms with van der Waals surface area (Å²) in [6.07, 6.45) is 3.33. The standard InChI is InChI=1S/C10H21NOS/c1-3-10(2,12)8-11-9-4-6-13-7-5-9/h9,11-12H,3-8H2,1-2H3. The average Bonchev–Trinajstić information content (AvgIpc) is 2.17. The molecule has 1 rings (SSSR count). The summed E-state index contributed by atoms with van der Waals surface area (Å²) in [5.74, 6) is 2.54. The molecule has 0 saturated carbocycles. The van der Waals surface area contributed by atoms with Crippen LogP contribution in [0.3, 0.4) is 0 Å². The predicted octanol–water partition coefficient (Wildman–Crippen LogP) is 1.63. The van der Waals surface area contributed by atoms with Gasteiger partial charge in [-0.05, 0) is 37.7 Å². The molecule has 0 spiro atoms. The molecule has 78 valence electrons. The van der Waals surface area contributed by atoms with E-state index in [-0.39, 0.29) is 0 Å². The van der Waals surface area contributed by atoms with Crippen LogP contribution >= 0.6 is 11.8 Å². The Balaban J connectivity index is 2.17. The van der Waals surface area contributed by atoms with Gasteiger partial charge in [0.2, 0.25) is 0 Å². The zero-order valence-corrected chi connectivity index (χ0v) is 9.49. The molecule has 0 aromatic rings. The first-order chi connectivity index (χ1) is 6.14. The number of aliphatic hydroxyl groups is 1. The Morgan fingerprint density at radius 2 is 2.08 bits per heavy atom. The van der Waals surface area contributed by atoms with Crippen LogP contribution in [-0.4, -0.2) is 34.8 Å². The summed E-state index contributed by atoms with van der Waals surface area (Å²) >= 11 is 2.04. The van der Waals surface area contributed by atoms with Crippen molar-refractivity contribution in [2.24, 2.45) is 0 Å². The van der Waals surface area contributed by atoms with Crippen LogP contribution in [0, 0.1) is 0 Å². The second-order valence-corrected chi connectivity index (χ2v) is 5.34. The lowest BCUT2D eigenvalue weighted by molar-refractivity contribution is 0.0525. The molecule has 1 fully saturated rings. The van der Waals surface area contributed by atoms with Gasteiger partial charge in [0, 0.05) is 12.6 Å². The van der Waals surface area contributed by atoms with Gasteiger partial charge in [-0.25, -0.2) is 0 Å². The molecule has 1 unspecified atom stereocenters. The zero-order chi connectivity index (χ0) is 9.73. The summed E-state index contributed by atoms with van der Waals surface area (Å²) < 4.78 is 0. The van der Waals surface area contributed by atoms with Crippen molar-refractivity contribution in [3.63, 3.8) is 0 Å². The van der Waals surface area contributed by atoms with Crippen molar-refractivity contribution in [3.05, 3.63) is 0 Å². The maximum absolute atomic E-state index is 9.79. The second kappa shape index (κ2) is 5.23. The van der Waals surface area contributed by atoms with Crippen molar-refractivity contribution in [3.8, 4) is 0 Å². The number of nitrogens with one attached hydrogen (secondary N) is 1. The van der Waals surface area contributed by atoms with E-state index in [0.29, 0.717) is 6.04 Å². The average molecular weight is 203 g/mol. The lowest BCUT2D eigenvalue weighted by Crippen LogP contribution is -2.43. The van der Waals surface area contributed by atoms with Gasteiger partial charge in [-0.3, -0.25) is 0 Å². The highest BCUT2D eigenvalue weighted by Gasteiger charge is 2.20. The highest BCUT2D eigenvalue weighted by molar-refractivity contribution is 7.99. The number of hydrogen-bond donors (Lipinski definition) is 2. The van der Waals surface area contributed by atoms with E-state index in [9.17, 15) is 5.11 Å². The van der Waals surface area contributed by atoms with Crippen LogP contribution in [-0.2, 0) is 0 Å². The van der Waals surface area contributed by atoms with Gasteiger partial charge < -0.3 is 10.4 Å². The van der Waals surface area contributed by atoms with Gasteiger partial charge in [0.05, 0.1) is 5.60 Å². The van der Waals surface area contributed by atoms with Crippen molar-refractivity contribution in [1.82, 2.24) is 5.32 Å². The number of rotatable bonds is 4. The monoisotopic (exact) mass is 203 g/mol. The summed E-state index contributed by atoms with van der Waals surface area (Å²) in [5.41, 5.74) is -0.523. The van der Waals surface area contributed by atoms with Crippen molar-refractivity contribution < 1.29 is 5.11 Å². The molecule has 0 aromatic carbocycles. The predicted molar refractivity (Wildman–Crippen MR) is 59.3 cm³/mol. The first kappa shape index (κ1) is 11.3. The highest BCUT2D eigenvalue weighted by Crippen LogP contribution is 2.17. The fraction of sp³-hybridized carbons (Fsp3) is 1.00. The summed E-state index contributed by atoms with van der Waals surface area (Å²) in [6.45, 7) is 4.66. The fourth-order valence-electron chi connectivity index (χ4n) is 1.39. The molecule has 1 aliphatic heterocycles. The molecule has 0 aliphatic carbocycles. The third kappa shape index (κ3) is 4.34. The van der Waals surface area contributed by atoms with Gasteiger partial charge in [-0.1, -0.05) is 6.92 Å². The summed E-state index contributed by atoms with van der Waals surface area (Å²) in [5, 5.41) is 13.2. The zero-order valence-electron chi connectivity index (χ0n) is 8.68. The molecule has 0 amide bonds. The van der Waals surface area contributed by atoms with E-state index >= 15 is 0 Å². The first-order valence-electron chi connectivity index (χ1n) is 5.17. The largest absolute Gasteiger partial charge is 0.389 e. The van der Waals surface area contributed by atoms with Crippen LogP contribution in [0.2, 0.25) is 0 Å². The van der Waals surface area contributed by atoms with Crippen LogP contribution in [0.5, 0.6) is 0 Å². The minimum Gasteiger partial charge on any atom is -0.389 e. The Morgan fingerprint density at radius 3 is 2.62 bits per heavy atom.